The second-order valence-corrected chi connectivity index (χ2v) is 5.33. The van der Waals surface area contributed by atoms with Crippen LogP contribution in [0.5, 0.6) is 0 Å². The van der Waals surface area contributed by atoms with Crippen LogP contribution in [0.2, 0.25) is 0 Å². The molecule has 0 aliphatic carbocycles. The van der Waals surface area contributed by atoms with Crippen molar-refractivity contribution in [3.63, 3.8) is 0 Å². The van der Waals surface area contributed by atoms with Gasteiger partial charge in [-0.2, -0.15) is 0 Å². The fourth-order valence-electron chi connectivity index (χ4n) is 1.73. The Morgan fingerprint density at radius 2 is 0.950 bits per heavy atom. The number of hydrogen-bond donors (Lipinski definition) is 0. The molecule has 4 unspecified atom stereocenters. The molecule has 2 aliphatic heterocycles. The molecule has 2 saturated heterocycles. The Bertz CT molecular complexity index is 169. The summed E-state index contributed by atoms with van der Waals surface area (Å²) in [6.45, 7) is 15.6. The van der Waals surface area contributed by atoms with Gasteiger partial charge in [0.15, 0.2) is 12.6 Å². The second-order valence-electron chi connectivity index (χ2n) is 5.33. The van der Waals surface area contributed by atoms with E-state index in [0.717, 1.165) is 39.3 Å². The molecule has 2 aliphatic rings. The summed E-state index contributed by atoms with van der Waals surface area (Å²) in [7, 11) is 0. The van der Waals surface area contributed by atoms with E-state index in [1.165, 1.54) is 0 Å². The summed E-state index contributed by atoms with van der Waals surface area (Å²) in [5, 5.41) is 0. The van der Waals surface area contributed by atoms with E-state index < -0.39 is 0 Å². The molecule has 4 atom stereocenters. The highest BCUT2D eigenvalue weighted by Gasteiger charge is 2.12. The third kappa shape index (κ3) is 10.6. The minimum atomic E-state index is 0.00921. The normalized spacial score (nSPS) is 34.5. The first-order valence-corrected chi connectivity index (χ1v) is 8.04. The fraction of sp³-hybridized carbons (Fsp3) is 1.00. The van der Waals surface area contributed by atoms with Crippen LogP contribution in [0.25, 0.3) is 0 Å². The van der Waals surface area contributed by atoms with Gasteiger partial charge in [-0.3, -0.25) is 0 Å². The van der Waals surface area contributed by atoms with Gasteiger partial charge in [0.25, 0.3) is 0 Å². The molecule has 20 heavy (non-hydrogen) atoms. The molecule has 0 saturated carbocycles. The van der Waals surface area contributed by atoms with Gasteiger partial charge >= 0.3 is 0 Å². The predicted molar refractivity (Wildman–Crippen MR) is 81.6 cm³/mol. The summed E-state index contributed by atoms with van der Waals surface area (Å²) in [6, 6.07) is 0. The van der Waals surface area contributed by atoms with Crippen LogP contribution in [-0.2, 0) is 18.9 Å². The van der Waals surface area contributed by atoms with Crippen molar-refractivity contribution in [2.45, 2.75) is 67.0 Å². The van der Waals surface area contributed by atoms with E-state index in [-0.39, 0.29) is 12.6 Å². The Balaban J connectivity index is 0.000000321. The third-order valence-electron chi connectivity index (χ3n) is 3.16. The Morgan fingerprint density at radius 1 is 0.600 bits per heavy atom. The van der Waals surface area contributed by atoms with Crippen molar-refractivity contribution >= 4 is 0 Å². The molecule has 0 aromatic rings. The molecule has 0 aromatic heterocycles. The summed E-state index contributed by atoms with van der Waals surface area (Å²) in [6.07, 6.45) is 2.28. The summed E-state index contributed by atoms with van der Waals surface area (Å²) in [5.74, 6) is 1.32. The largest absolute Gasteiger partial charge is 0.353 e. The smallest absolute Gasteiger partial charge is 0.154 e. The van der Waals surface area contributed by atoms with E-state index in [4.69, 9.17) is 18.9 Å². The maximum atomic E-state index is 5.29. The van der Waals surface area contributed by atoms with Crippen LogP contribution in [-0.4, -0.2) is 39.0 Å². The molecule has 0 radical (unpaired) electrons. The van der Waals surface area contributed by atoms with Gasteiger partial charge in [0.2, 0.25) is 0 Å². The van der Waals surface area contributed by atoms with Gasteiger partial charge in [-0.05, 0) is 38.5 Å². The quantitative estimate of drug-likeness (QED) is 0.679. The summed E-state index contributed by atoms with van der Waals surface area (Å²) in [4.78, 5) is 0. The van der Waals surface area contributed by atoms with E-state index >= 15 is 0 Å². The Morgan fingerprint density at radius 3 is 1.30 bits per heavy atom. The van der Waals surface area contributed by atoms with Crippen LogP contribution in [0.4, 0.5) is 0 Å². The molecule has 0 bridgehead atoms. The van der Waals surface area contributed by atoms with Crippen LogP contribution < -0.4 is 0 Å². The van der Waals surface area contributed by atoms with Gasteiger partial charge in [0.05, 0.1) is 26.4 Å². The molecule has 0 amide bonds. The molecular formula is C16H34O4. The van der Waals surface area contributed by atoms with Crippen molar-refractivity contribution in [1.82, 2.24) is 0 Å². The summed E-state index contributed by atoms with van der Waals surface area (Å²) < 4.78 is 21.1. The monoisotopic (exact) mass is 290 g/mol. The van der Waals surface area contributed by atoms with Crippen LogP contribution in [0.3, 0.4) is 0 Å². The van der Waals surface area contributed by atoms with Crippen molar-refractivity contribution in [3.8, 4) is 0 Å². The maximum absolute atomic E-state index is 5.29. The van der Waals surface area contributed by atoms with E-state index in [9.17, 15) is 0 Å². The van der Waals surface area contributed by atoms with Gasteiger partial charge < -0.3 is 18.9 Å². The molecule has 122 valence electrons. The molecule has 0 spiro atoms. The van der Waals surface area contributed by atoms with E-state index in [0.29, 0.717) is 11.8 Å². The minimum Gasteiger partial charge on any atom is -0.353 e. The zero-order chi connectivity index (χ0) is 15.4. The van der Waals surface area contributed by atoms with E-state index in [1.807, 2.05) is 27.7 Å². The topological polar surface area (TPSA) is 36.9 Å². The summed E-state index contributed by atoms with van der Waals surface area (Å²) in [5.41, 5.74) is 0. The van der Waals surface area contributed by atoms with Crippen molar-refractivity contribution < 1.29 is 18.9 Å². The zero-order valence-electron chi connectivity index (χ0n) is 14.2. The molecule has 4 nitrogen and oxygen atoms in total. The van der Waals surface area contributed by atoms with Crippen LogP contribution in [0.15, 0.2) is 0 Å². The number of rotatable bonds is 0. The van der Waals surface area contributed by atoms with E-state index in [2.05, 4.69) is 13.8 Å². The van der Waals surface area contributed by atoms with Gasteiger partial charge in [0.1, 0.15) is 0 Å². The molecule has 2 fully saturated rings. The Hall–Kier alpha value is -0.160. The molecule has 4 heteroatoms. The first-order valence-electron chi connectivity index (χ1n) is 8.04. The van der Waals surface area contributed by atoms with Crippen molar-refractivity contribution in [1.29, 1.82) is 0 Å². The highest BCUT2D eigenvalue weighted by molar-refractivity contribution is 4.54. The average molecular weight is 290 g/mol. The Kier molecular flexibility index (Phi) is 12.5. The Labute approximate surface area is 125 Å². The SMILES string of the molecule is CC.CC1CCOC(C)OC1.CC1CCOC(C)OC1. The van der Waals surface area contributed by atoms with Crippen molar-refractivity contribution in [2.24, 2.45) is 11.8 Å². The highest BCUT2D eigenvalue weighted by Crippen LogP contribution is 2.11. The van der Waals surface area contributed by atoms with Gasteiger partial charge in [-0.25, -0.2) is 0 Å². The molecule has 0 aromatic carbocycles. The first kappa shape index (κ1) is 19.8. The highest BCUT2D eigenvalue weighted by atomic mass is 16.7. The van der Waals surface area contributed by atoms with Crippen molar-refractivity contribution in [2.75, 3.05) is 26.4 Å². The minimum absolute atomic E-state index is 0.00921. The van der Waals surface area contributed by atoms with E-state index in [1.54, 1.807) is 0 Å². The van der Waals surface area contributed by atoms with Gasteiger partial charge in [0, 0.05) is 0 Å². The van der Waals surface area contributed by atoms with Gasteiger partial charge in [-0.15, -0.1) is 0 Å². The molecule has 2 heterocycles. The van der Waals surface area contributed by atoms with Gasteiger partial charge in [-0.1, -0.05) is 27.7 Å². The fourth-order valence-corrected chi connectivity index (χ4v) is 1.73. The zero-order valence-corrected chi connectivity index (χ0v) is 14.2. The lowest BCUT2D eigenvalue weighted by Crippen LogP contribution is -2.10. The number of hydrogen-bond acceptors (Lipinski definition) is 4. The molecule has 2 rings (SSSR count). The maximum Gasteiger partial charge on any atom is 0.154 e. The summed E-state index contributed by atoms with van der Waals surface area (Å²) >= 11 is 0. The first-order chi connectivity index (χ1) is 9.58. The lowest BCUT2D eigenvalue weighted by Gasteiger charge is -2.08. The second kappa shape index (κ2) is 12.6. The van der Waals surface area contributed by atoms with Crippen LogP contribution in [0, 0.1) is 11.8 Å². The lowest BCUT2D eigenvalue weighted by atomic mass is 10.1. The van der Waals surface area contributed by atoms with Crippen LogP contribution >= 0.6 is 0 Å². The van der Waals surface area contributed by atoms with Crippen molar-refractivity contribution in [3.05, 3.63) is 0 Å². The molecule has 0 N–H and O–H groups in total. The average Bonchev–Trinajstić information content (AvgIpc) is 2.75. The number of ether oxygens (including phenoxy) is 4. The van der Waals surface area contributed by atoms with Crippen LogP contribution in [0.1, 0.15) is 54.4 Å². The third-order valence-corrected chi connectivity index (χ3v) is 3.16. The standard InChI is InChI=1S/2C7H14O2.C2H6/c2*1-6-3-4-8-7(2)9-5-6;1-2/h2*6-7H,3-5H2,1-2H3;1-2H3. The molecular weight excluding hydrogens is 256 g/mol. The lowest BCUT2D eigenvalue weighted by molar-refractivity contribution is -0.115. The predicted octanol–water partition coefficient (Wildman–Crippen LogP) is 3.84.